The molecule has 124 valence electrons. The molecular formula is C17H15FN2O4. The topological polar surface area (TPSA) is 81.5 Å². The van der Waals surface area contributed by atoms with Crippen molar-refractivity contribution in [3.63, 3.8) is 0 Å². The predicted octanol–water partition coefficient (Wildman–Crippen LogP) is 3.68. The molecule has 0 atom stereocenters. The molecule has 0 aliphatic heterocycles. The van der Waals surface area contributed by atoms with E-state index in [2.05, 4.69) is 5.32 Å². The van der Waals surface area contributed by atoms with Crippen LogP contribution in [0.15, 0.2) is 42.5 Å². The van der Waals surface area contributed by atoms with Crippen molar-refractivity contribution in [2.75, 3.05) is 19.5 Å². The van der Waals surface area contributed by atoms with E-state index < -0.39 is 16.5 Å². The molecule has 24 heavy (non-hydrogen) atoms. The summed E-state index contributed by atoms with van der Waals surface area (Å²) < 4.78 is 18.4. The Hall–Kier alpha value is -3.22. The molecule has 0 aromatic heterocycles. The van der Waals surface area contributed by atoms with E-state index in [-0.39, 0.29) is 17.0 Å². The van der Waals surface area contributed by atoms with E-state index in [0.29, 0.717) is 11.3 Å². The van der Waals surface area contributed by atoms with E-state index in [9.17, 15) is 19.3 Å². The standard InChI is InChI=1S/C17H15FN2O4/c1-19-14-6-3-11(9-15(14)20(22)23)4-7-16(21)12-5-8-17(24-2)13(18)10-12/h3-10,19H,1-2H3/b7-4-. The first-order chi connectivity index (χ1) is 11.5. The summed E-state index contributed by atoms with van der Waals surface area (Å²) in [6.07, 6.45) is 2.68. The Balaban J connectivity index is 2.24. The smallest absolute Gasteiger partial charge is 0.292 e. The molecule has 0 saturated heterocycles. The number of ketones is 1. The maximum atomic E-state index is 13.6. The minimum absolute atomic E-state index is 0.0498. The molecule has 0 fully saturated rings. The second-order valence-electron chi connectivity index (χ2n) is 4.83. The number of nitrogens with one attached hydrogen (secondary N) is 1. The molecule has 2 rings (SSSR count). The van der Waals surface area contributed by atoms with Gasteiger partial charge in [0.25, 0.3) is 5.69 Å². The molecule has 0 heterocycles. The molecule has 0 aliphatic rings. The van der Waals surface area contributed by atoms with Crippen LogP contribution >= 0.6 is 0 Å². The van der Waals surface area contributed by atoms with Gasteiger partial charge in [0.2, 0.25) is 0 Å². The van der Waals surface area contributed by atoms with Crippen molar-refractivity contribution in [1.29, 1.82) is 0 Å². The van der Waals surface area contributed by atoms with E-state index in [0.717, 1.165) is 6.07 Å². The van der Waals surface area contributed by atoms with Gasteiger partial charge in [-0.2, -0.15) is 0 Å². The van der Waals surface area contributed by atoms with Crippen LogP contribution in [0.1, 0.15) is 15.9 Å². The summed E-state index contributed by atoms with van der Waals surface area (Å²) in [5, 5.41) is 13.7. The number of nitrogens with zero attached hydrogens (tertiary/aromatic N) is 1. The van der Waals surface area contributed by atoms with Gasteiger partial charge in [0.1, 0.15) is 5.69 Å². The number of hydrogen-bond donors (Lipinski definition) is 1. The van der Waals surface area contributed by atoms with Crippen LogP contribution in [-0.4, -0.2) is 24.9 Å². The van der Waals surface area contributed by atoms with E-state index in [1.54, 1.807) is 19.2 Å². The van der Waals surface area contributed by atoms with Gasteiger partial charge in [-0.3, -0.25) is 14.9 Å². The normalized spacial score (nSPS) is 10.6. The minimum atomic E-state index is -0.634. The van der Waals surface area contributed by atoms with Gasteiger partial charge in [-0.15, -0.1) is 0 Å². The molecule has 2 aromatic carbocycles. The van der Waals surface area contributed by atoms with Crippen LogP contribution in [0.5, 0.6) is 5.75 Å². The summed E-state index contributed by atoms with van der Waals surface area (Å²) in [6, 6.07) is 8.43. The van der Waals surface area contributed by atoms with Crippen LogP contribution in [0.3, 0.4) is 0 Å². The third kappa shape index (κ3) is 3.75. The highest BCUT2D eigenvalue weighted by Crippen LogP contribution is 2.25. The van der Waals surface area contributed by atoms with Crippen LogP contribution in [0.4, 0.5) is 15.8 Å². The van der Waals surface area contributed by atoms with Crippen LogP contribution in [0, 0.1) is 15.9 Å². The van der Waals surface area contributed by atoms with Gasteiger partial charge in [0.05, 0.1) is 12.0 Å². The SMILES string of the molecule is CNc1ccc(/C=C\C(=O)c2ccc(OC)c(F)c2)cc1[N+](=O)[O-]. The second-order valence-corrected chi connectivity index (χ2v) is 4.83. The predicted molar refractivity (Wildman–Crippen MR) is 89.0 cm³/mol. The van der Waals surface area contributed by atoms with Crippen molar-refractivity contribution in [2.24, 2.45) is 0 Å². The van der Waals surface area contributed by atoms with E-state index in [4.69, 9.17) is 4.74 Å². The molecule has 2 aromatic rings. The quantitative estimate of drug-likeness (QED) is 0.378. The number of methoxy groups -OCH3 is 1. The van der Waals surface area contributed by atoms with Gasteiger partial charge in [0.15, 0.2) is 17.3 Å². The number of nitro benzene ring substituents is 1. The number of rotatable bonds is 6. The third-order valence-corrected chi connectivity index (χ3v) is 3.35. The van der Waals surface area contributed by atoms with Crippen LogP contribution in [0.2, 0.25) is 0 Å². The molecular weight excluding hydrogens is 315 g/mol. The highest BCUT2D eigenvalue weighted by molar-refractivity contribution is 6.06. The molecule has 0 bridgehead atoms. The Labute approximate surface area is 137 Å². The number of allylic oxidation sites excluding steroid dienone is 1. The molecule has 6 nitrogen and oxygen atoms in total. The number of carbonyl (C=O) groups is 1. The van der Waals surface area contributed by atoms with Crippen molar-refractivity contribution >= 4 is 23.2 Å². The number of anilines is 1. The summed E-state index contributed by atoms with van der Waals surface area (Å²) in [7, 11) is 2.92. The first-order valence-electron chi connectivity index (χ1n) is 6.98. The Morgan fingerprint density at radius 3 is 2.62 bits per heavy atom. The number of nitro groups is 1. The van der Waals surface area contributed by atoms with Crippen LogP contribution in [-0.2, 0) is 0 Å². The Morgan fingerprint density at radius 1 is 1.29 bits per heavy atom. The van der Waals surface area contributed by atoms with Crippen molar-refractivity contribution in [3.05, 3.63) is 69.5 Å². The molecule has 1 N–H and O–H groups in total. The molecule has 0 unspecified atom stereocenters. The molecule has 0 saturated carbocycles. The van der Waals surface area contributed by atoms with Gasteiger partial charge in [-0.05, 0) is 35.9 Å². The molecule has 7 heteroatoms. The zero-order valence-electron chi connectivity index (χ0n) is 13.1. The van der Waals surface area contributed by atoms with Gasteiger partial charge < -0.3 is 10.1 Å². The number of halogens is 1. The summed E-state index contributed by atoms with van der Waals surface area (Å²) in [6.45, 7) is 0. The highest BCUT2D eigenvalue weighted by Gasteiger charge is 2.13. The Morgan fingerprint density at radius 2 is 2.04 bits per heavy atom. The lowest BCUT2D eigenvalue weighted by molar-refractivity contribution is -0.383. The van der Waals surface area contributed by atoms with E-state index >= 15 is 0 Å². The van der Waals surface area contributed by atoms with Gasteiger partial charge in [-0.1, -0.05) is 12.1 Å². The fourth-order valence-corrected chi connectivity index (χ4v) is 2.10. The summed E-state index contributed by atoms with van der Waals surface area (Å²) in [5.74, 6) is -1.00. The fraction of sp³-hybridized carbons (Fsp3) is 0.118. The number of carbonyl (C=O) groups excluding carboxylic acids is 1. The average molecular weight is 330 g/mol. The minimum Gasteiger partial charge on any atom is -0.494 e. The Kier molecular flexibility index (Phi) is 5.26. The largest absolute Gasteiger partial charge is 0.494 e. The summed E-state index contributed by atoms with van der Waals surface area (Å²) >= 11 is 0. The van der Waals surface area contributed by atoms with Crippen molar-refractivity contribution in [2.45, 2.75) is 0 Å². The van der Waals surface area contributed by atoms with Gasteiger partial charge in [0, 0.05) is 18.7 Å². The average Bonchev–Trinajstić information content (AvgIpc) is 2.59. The van der Waals surface area contributed by atoms with Crippen molar-refractivity contribution in [1.82, 2.24) is 0 Å². The lowest BCUT2D eigenvalue weighted by atomic mass is 10.1. The summed E-state index contributed by atoms with van der Waals surface area (Å²) in [4.78, 5) is 22.6. The zero-order valence-corrected chi connectivity index (χ0v) is 13.1. The van der Waals surface area contributed by atoms with Crippen LogP contribution in [0.25, 0.3) is 6.08 Å². The fourth-order valence-electron chi connectivity index (χ4n) is 2.10. The number of hydrogen-bond acceptors (Lipinski definition) is 5. The lowest BCUT2D eigenvalue weighted by Gasteiger charge is -2.03. The van der Waals surface area contributed by atoms with E-state index in [1.165, 1.54) is 37.5 Å². The Bertz CT molecular complexity index is 818. The third-order valence-electron chi connectivity index (χ3n) is 3.35. The van der Waals surface area contributed by atoms with Gasteiger partial charge >= 0.3 is 0 Å². The lowest BCUT2D eigenvalue weighted by Crippen LogP contribution is -1.98. The maximum absolute atomic E-state index is 13.6. The van der Waals surface area contributed by atoms with Gasteiger partial charge in [-0.25, -0.2) is 4.39 Å². The highest BCUT2D eigenvalue weighted by atomic mass is 19.1. The molecule has 0 radical (unpaired) electrons. The number of ether oxygens (including phenoxy) is 1. The molecule has 0 amide bonds. The van der Waals surface area contributed by atoms with E-state index in [1.807, 2.05) is 0 Å². The first-order valence-corrected chi connectivity index (χ1v) is 6.98. The monoisotopic (exact) mass is 330 g/mol. The van der Waals surface area contributed by atoms with Crippen LogP contribution < -0.4 is 10.1 Å². The first kappa shape index (κ1) is 17.1. The number of benzene rings is 2. The molecule has 0 spiro atoms. The van der Waals surface area contributed by atoms with Crippen molar-refractivity contribution in [3.8, 4) is 5.75 Å². The maximum Gasteiger partial charge on any atom is 0.292 e. The summed E-state index contributed by atoms with van der Waals surface area (Å²) in [5.41, 5.74) is 0.928. The second kappa shape index (κ2) is 7.36. The van der Waals surface area contributed by atoms with Crippen molar-refractivity contribution < 1.29 is 18.8 Å². The zero-order chi connectivity index (χ0) is 17.7. The molecule has 0 aliphatic carbocycles.